The molecule has 1 aliphatic carbocycles. The van der Waals surface area contributed by atoms with E-state index in [2.05, 4.69) is 16.0 Å². The molecule has 2 aliphatic rings. The van der Waals surface area contributed by atoms with Gasteiger partial charge in [-0.05, 0) is 67.3 Å². The first-order chi connectivity index (χ1) is 14.7. The number of hydrogen-bond donors (Lipinski definition) is 1. The lowest BCUT2D eigenvalue weighted by molar-refractivity contribution is 0.174. The molecule has 1 fully saturated rings. The molecule has 3 heterocycles. The first-order valence-corrected chi connectivity index (χ1v) is 10.6. The Kier molecular flexibility index (Phi) is 4.11. The minimum atomic E-state index is -0.197. The average Bonchev–Trinajstić information content (AvgIpc) is 3.37. The lowest BCUT2D eigenvalue weighted by atomic mass is 9.77. The maximum atomic E-state index is 13.8. The fourth-order valence-electron chi connectivity index (χ4n) is 5.00. The van der Waals surface area contributed by atoms with Crippen molar-refractivity contribution in [1.29, 1.82) is 0 Å². The molecule has 0 spiro atoms. The van der Waals surface area contributed by atoms with Gasteiger partial charge in [-0.15, -0.1) is 0 Å². The molecule has 4 aromatic rings. The molecule has 0 unspecified atom stereocenters. The second kappa shape index (κ2) is 6.97. The zero-order valence-corrected chi connectivity index (χ0v) is 16.5. The number of hydrogen-bond acceptors (Lipinski definition) is 4. The van der Waals surface area contributed by atoms with Crippen LogP contribution >= 0.6 is 0 Å². The number of ether oxygens (including phenoxy) is 2. The third-order valence-electron chi connectivity index (χ3n) is 6.53. The summed E-state index contributed by atoms with van der Waals surface area (Å²) in [7, 11) is 0. The summed E-state index contributed by atoms with van der Waals surface area (Å²) < 4.78 is 24.7. The summed E-state index contributed by atoms with van der Waals surface area (Å²) in [5.41, 5.74) is 4.02. The van der Waals surface area contributed by atoms with Gasteiger partial charge in [0, 0.05) is 30.1 Å². The number of fused-ring (bicyclic) bond motifs is 3. The monoisotopic (exact) mass is 403 g/mol. The molecule has 0 saturated heterocycles. The summed E-state index contributed by atoms with van der Waals surface area (Å²) in [6.07, 6.45) is 7.29. The van der Waals surface area contributed by atoms with E-state index in [9.17, 15) is 4.39 Å². The van der Waals surface area contributed by atoms with Gasteiger partial charge in [0.15, 0.2) is 11.5 Å². The van der Waals surface area contributed by atoms with Crippen molar-refractivity contribution < 1.29 is 13.9 Å². The second-order valence-corrected chi connectivity index (χ2v) is 8.39. The minimum absolute atomic E-state index is 0.197. The molecule has 5 nitrogen and oxygen atoms in total. The van der Waals surface area contributed by atoms with Crippen molar-refractivity contribution in [2.24, 2.45) is 5.92 Å². The van der Waals surface area contributed by atoms with Crippen LogP contribution in [0.25, 0.3) is 21.9 Å². The molecule has 0 atom stereocenters. The second-order valence-electron chi connectivity index (χ2n) is 8.39. The Labute approximate surface area is 173 Å². The number of rotatable bonds is 3. The SMILES string of the molecule is Fc1ccc2nccc([C@H]3CC[C@H](Cc4nc5cc6c(cc5[nH]4)OCO6)CC3)c2c1. The van der Waals surface area contributed by atoms with Crippen molar-refractivity contribution in [2.45, 2.75) is 38.0 Å². The van der Waals surface area contributed by atoms with Crippen LogP contribution in [0, 0.1) is 11.7 Å². The normalized spacial score (nSPS) is 20.8. The Morgan fingerprint density at radius 2 is 1.80 bits per heavy atom. The van der Waals surface area contributed by atoms with E-state index in [1.807, 2.05) is 18.3 Å². The summed E-state index contributed by atoms with van der Waals surface area (Å²) >= 11 is 0. The zero-order valence-electron chi connectivity index (χ0n) is 16.5. The van der Waals surface area contributed by atoms with Gasteiger partial charge in [-0.25, -0.2) is 9.37 Å². The minimum Gasteiger partial charge on any atom is -0.454 e. The van der Waals surface area contributed by atoms with Gasteiger partial charge in [-0.2, -0.15) is 0 Å². The quantitative estimate of drug-likeness (QED) is 0.491. The largest absolute Gasteiger partial charge is 0.454 e. The Balaban J connectivity index is 1.17. The Morgan fingerprint density at radius 3 is 2.67 bits per heavy atom. The van der Waals surface area contributed by atoms with Crippen LogP contribution in [0.3, 0.4) is 0 Å². The summed E-state index contributed by atoms with van der Waals surface area (Å²) in [5.74, 6) is 3.43. The van der Waals surface area contributed by atoms with Crippen molar-refractivity contribution in [3.05, 3.63) is 59.8 Å². The Morgan fingerprint density at radius 1 is 0.967 bits per heavy atom. The van der Waals surface area contributed by atoms with Gasteiger partial charge in [0.1, 0.15) is 11.6 Å². The molecular formula is C24H22FN3O2. The van der Waals surface area contributed by atoms with E-state index in [1.54, 1.807) is 12.1 Å². The van der Waals surface area contributed by atoms with Crippen LogP contribution in [0.2, 0.25) is 0 Å². The molecular weight excluding hydrogens is 381 g/mol. The van der Waals surface area contributed by atoms with Gasteiger partial charge in [0.25, 0.3) is 0 Å². The van der Waals surface area contributed by atoms with Crippen LogP contribution in [-0.4, -0.2) is 21.7 Å². The number of aromatic nitrogens is 3. The van der Waals surface area contributed by atoms with Crippen LogP contribution in [0.5, 0.6) is 11.5 Å². The van der Waals surface area contributed by atoms with Crippen LogP contribution in [0.4, 0.5) is 4.39 Å². The van der Waals surface area contributed by atoms with E-state index < -0.39 is 0 Å². The maximum absolute atomic E-state index is 13.8. The van der Waals surface area contributed by atoms with E-state index in [1.165, 1.54) is 11.6 Å². The summed E-state index contributed by atoms with van der Waals surface area (Å²) in [6, 6.07) is 10.9. The molecule has 2 aromatic carbocycles. The highest BCUT2D eigenvalue weighted by molar-refractivity contribution is 5.82. The Hall–Kier alpha value is -3.15. The van der Waals surface area contributed by atoms with Crippen LogP contribution < -0.4 is 9.47 Å². The first kappa shape index (κ1) is 17.7. The molecule has 30 heavy (non-hydrogen) atoms. The van der Waals surface area contributed by atoms with Crippen LogP contribution in [0.1, 0.15) is 43.0 Å². The Bertz CT molecular complexity index is 1200. The molecule has 0 bridgehead atoms. The number of benzene rings is 2. The highest BCUT2D eigenvalue weighted by Crippen LogP contribution is 2.40. The number of H-pyrrole nitrogens is 1. The zero-order chi connectivity index (χ0) is 20.1. The smallest absolute Gasteiger partial charge is 0.231 e. The molecule has 2 aromatic heterocycles. The highest BCUT2D eigenvalue weighted by atomic mass is 19.1. The fourth-order valence-corrected chi connectivity index (χ4v) is 5.00. The fraction of sp³-hybridized carbons (Fsp3) is 0.333. The summed E-state index contributed by atoms with van der Waals surface area (Å²) in [6.45, 7) is 0.275. The van der Waals surface area contributed by atoms with Crippen molar-refractivity contribution in [3.8, 4) is 11.5 Å². The number of aromatic amines is 1. The van der Waals surface area contributed by atoms with E-state index in [0.29, 0.717) is 11.8 Å². The van der Waals surface area contributed by atoms with E-state index in [-0.39, 0.29) is 12.6 Å². The lowest BCUT2D eigenvalue weighted by Gasteiger charge is -2.29. The molecule has 6 heteroatoms. The summed E-state index contributed by atoms with van der Waals surface area (Å²) in [5, 5.41) is 0.954. The van der Waals surface area contributed by atoms with Gasteiger partial charge in [0.05, 0.1) is 16.6 Å². The predicted octanol–water partition coefficient (Wildman–Crippen LogP) is 5.50. The predicted molar refractivity (Wildman–Crippen MR) is 112 cm³/mol. The van der Waals surface area contributed by atoms with Crippen LogP contribution in [-0.2, 0) is 6.42 Å². The number of nitrogens with zero attached hydrogens (tertiary/aromatic N) is 2. The molecule has 0 amide bonds. The van der Waals surface area contributed by atoms with E-state index >= 15 is 0 Å². The standard InChI is InChI=1S/C24H22FN3O2/c25-16-5-6-19-18(10-16)17(7-8-26-19)15-3-1-14(2-4-15)9-24-27-20-11-22-23(30-13-29-22)12-21(20)28-24/h5-8,10-12,14-15H,1-4,9,13H2,(H,27,28)/t14-,15-. The number of imidazole rings is 1. The van der Waals surface area contributed by atoms with Gasteiger partial charge >= 0.3 is 0 Å². The first-order valence-electron chi connectivity index (χ1n) is 10.6. The van der Waals surface area contributed by atoms with Crippen molar-refractivity contribution in [3.63, 3.8) is 0 Å². The molecule has 6 rings (SSSR count). The van der Waals surface area contributed by atoms with Gasteiger partial charge in [-0.3, -0.25) is 4.98 Å². The number of pyridine rings is 1. The van der Waals surface area contributed by atoms with E-state index in [4.69, 9.17) is 14.5 Å². The third kappa shape index (κ3) is 3.07. The number of nitrogens with one attached hydrogen (secondary N) is 1. The number of halogens is 1. The molecule has 0 radical (unpaired) electrons. The van der Waals surface area contributed by atoms with Crippen molar-refractivity contribution in [1.82, 2.24) is 15.0 Å². The van der Waals surface area contributed by atoms with Gasteiger partial charge in [-0.1, -0.05) is 0 Å². The highest BCUT2D eigenvalue weighted by Gasteiger charge is 2.25. The maximum Gasteiger partial charge on any atom is 0.231 e. The lowest BCUT2D eigenvalue weighted by Crippen LogP contribution is -2.16. The van der Waals surface area contributed by atoms with E-state index in [0.717, 1.165) is 71.4 Å². The van der Waals surface area contributed by atoms with Gasteiger partial charge < -0.3 is 14.5 Å². The topological polar surface area (TPSA) is 60.0 Å². The third-order valence-corrected chi connectivity index (χ3v) is 6.53. The average molecular weight is 403 g/mol. The summed E-state index contributed by atoms with van der Waals surface area (Å²) in [4.78, 5) is 12.6. The van der Waals surface area contributed by atoms with Crippen LogP contribution in [0.15, 0.2) is 42.6 Å². The molecule has 152 valence electrons. The molecule has 1 aliphatic heterocycles. The van der Waals surface area contributed by atoms with Crippen molar-refractivity contribution in [2.75, 3.05) is 6.79 Å². The molecule has 1 saturated carbocycles. The van der Waals surface area contributed by atoms with Gasteiger partial charge in [0.2, 0.25) is 6.79 Å². The van der Waals surface area contributed by atoms with Crippen molar-refractivity contribution >= 4 is 21.9 Å². The molecule has 1 N–H and O–H groups in total.